The smallest absolute Gasteiger partial charge is 0.297 e. The molecule has 0 amide bonds. The first-order valence-corrected chi connectivity index (χ1v) is 3.93. The van der Waals surface area contributed by atoms with E-state index in [4.69, 9.17) is 0 Å². The Hall–Kier alpha value is -2.11. The summed E-state index contributed by atoms with van der Waals surface area (Å²) in [6, 6.07) is 4.44. The molecule has 6 heteroatoms. The number of hydrogen-bond acceptors (Lipinski definition) is 4. The van der Waals surface area contributed by atoms with E-state index < -0.39 is 4.92 Å². The van der Waals surface area contributed by atoms with Gasteiger partial charge in [0.1, 0.15) is 11.3 Å². The lowest BCUT2D eigenvalue weighted by atomic mass is 10.3. The first kappa shape index (κ1) is 8.49. The first-order chi connectivity index (χ1) is 6.61. The lowest BCUT2D eigenvalue weighted by molar-refractivity contribution is -0.383. The van der Waals surface area contributed by atoms with Gasteiger partial charge in [-0.15, -0.1) is 0 Å². The van der Waals surface area contributed by atoms with Crippen molar-refractivity contribution in [2.45, 2.75) is 6.92 Å². The summed E-state index contributed by atoms with van der Waals surface area (Å²) in [5.41, 5.74) is 0.451. The fourth-order valence-corrected chi connectivity index (χ4v) is 1.34. The lowest BCUT2D eigenvalue weighted by Gasteiger charge is -1.94. The molecule has 0 saturated carbocycles. The Balaban J connectivity index is 2.88. The van der Waals surface area contributed by atoms with Crippen molar-refractivity contribution in [3.8, 4) is 0 Å². The highest BCUT2D eigenvalue weighted by molar-refractivity contribution is 5.84. The van der Waals surface area contributed by atoms with Crippen LogP contribution in [-0.2, 0) is 0 Å². The largest absolute Gasteiger partial charge is 0.427 e. The molecule has 1 aromatic carbocycles. The Labute approximate surface area is 78.5 Å². The summed E-state index contributed by atoms with van der Waals surface area (Å²) in [6.45, 7) is 1.57. The number of hydrogen-bond donors (Lipinski definition) is 1. The summed E-state index contributed by atoms with van der Waals surface area (Å²) in [5, 5.41) is 20.0. The summed E-state index contributed by atoms with van der Waals surface area (Å²) in [6.07, 6.45) is 0. The van der Waals surface area contributed by atoms with Gasteiger partial charge in [0.15, 0.2) is 5.52 Å². The summed E-state index contributed by atoms with van der Waals surface area (Å²) in [7, 11) is 0. The van der Waals surface area contributed by atoms with Crippen LogP contribution in [0.2, 0.25) is 0 Å². The maximum absolute atomic E-state index is 10.6. The van der Waals surface area contributed by atoms with E-state index >= 15 is 0 Å². The maximum Gasteiger partial charge on any atom is 0.297 e. The molecular formula is C8H7N3O3. The van der Waals surface area contributed by atoms with Gasteiger partial charge in [0.05, 0.1) is 4.92 Å². The molecule has 1 aromatic heterocycles. The van der Waals surface area contributed by atoms with Crippen molar-refractivity contribution in [1.29, 1.82) is 0 Å². The fraction of sp³-hybridized carbons (Fsp3) is 0.125. The van der Waals surface area contributed by atoms with Crippen molar-refractivity contribution < 1.29 is 10.1 Å². The molecule has 0 fully saturated rings. The summed E-state index contributed by atoms with van der Waals surface area (Å²) in [4.78, 5) is 14.0. The normalized spacial score (nSPS) is 10.6. The highest BCUT2D eigenvalue weighted by atomic mass is 16.6. The number of non-ortho nitro benzene ring substituents is 1. The van der Waals surface area contributed by atoms with Gasteiger partial charge >= 0.3 is 0 Å². The predicted octanol–water partition coefficient (Wildman–Crippen LogP) is 1.49. The third kappa shape index (κ3) is 1.00. The van der Waals surface area contributed by atoms with E-state index in [0.29, 0.717) is 11.3 Å². The van der Waals surface area contributed by atoms with E-state index in [1.807, 2.05) is 0 Å². The summed E-state index contributed by atoms with van der Waals surface area (Å²) in [5.74, 6) is 0.328. The molecule has 0 radical (unpaired) electrons. The number of nitro benzene ring substituents is 1. The number of nitro groups is 1. The molecule has 0 bridgehead atoms. The van der Waals surface area contributed by atoms with Gasteiger partial charge in [-0.05, 0) is 13.0 Å². The van der Waals surface area contributed by atoms with E-state index in [2.05, 4.69) is 4.98 Å². The molecule has 0 spiro atoms. The molecule has 0 unspecified atom stereocenters. The molecule has 0 aliphatic heterocycles. The first-order valence-electron chi connectivity index (χ1n) is 3.93. The van der Waals surface area contributed by atoms with Crippen molar-refractivity contribution in [1.82, 2.24) is 9.71 Å². The minimum absolute atomic E-state index is 0.0987. The van der Waals surface area contributed by atoms with Crippen LogP contribution in [0.25, 0.3) is 11.0 Å². The number of aromatic nitrogens is 2. The monoisotopic (exact) mass is 193 g/mol. The molecule has 2 aromatic rings. The van der Waals surface area contributed by atoms with Gasteiger partial charge in [-0.25, -0.2) is 4.98 Å². The molecule has 0 atom stereocenters. The van der Waals surface area contributed by atoms with Crippen LogP contribution in [0.4, 0.5) is 5.69 Å². The number of nitrogens with zero attached hydrogens (tertiary/aromatic N) is 3. The van der Waals surface area contributed by atoms with Crippen LogP contribution >= 0.6 is 0 Å². The molecule has 0 aliphatic carbocycles. The zero-order chi connectivity index (χ0) is 10.3. The van der Waals surface area contributed by atoms with Crippen molar-refractivity contribution in [2.75, 3.05) is 0 Å². The van der Waals surface area contributed by atoms with Crippen molar-refractivity contribution in [3.63, 3.8) is 0 Å². The van der Waals surface area contributed by atoms with Crippen LogP contribution in [0.15, 0.2) is 18.2 Å². The molecule has 2 rings (SSSR count). The second kappa shape index (κ2) is 2.69. The number of imidazole rings is 1. The number of para-hydroxylation sites is 1. The van der Waals surface area contributed by atoms with E-state index in [1.54, 1.807) is 13.0 Å². The van der Waals surface area contributed by atoms with Gasteiger partial charge in [0.25, 0.3) is 5.69 Å². The predicted molar refractivity (Wildman–Crippen MR) is 48.3 cm³/mol. The SMILES string of the molecule is Cc1nc2c([N+](=O)[O-])cccc2n1O. The Morgan fingerprint density at radius 3 is 2.93 bits per heavy atom. The molecule has 0 saturated heterocycles. The fourth-order valence-electron chi connectivity index (χ4n) is 1.34. The van der Waals surface area contributed by atoms with E-state index in [-0.39, 0.29) is 11.2 Å². The maximum atomic E-state index is 10.6. The highest BCUT2D eigenvalue weighted by Gasteiger charge is 2.17. The molecule has 1 N–H and O–H groups in total. The number of benzene rings is 1. The molecule has 14 heavy (non-hydrogen) atoms. The average molecular weight is 193 g/mol. The Morgan fingerprint density at radius 1 is 1.57 bits per heavy atom. The van der Waals surface area contributed by atoms with Gasteiger partial charge < -0.3 is 5.21 Å². The van der Waals surface area contributed by atoms with Gasteiger partial charge in [-0.1, -0.05) is 6.07 Å². The second-order valence-corrected chi connectivity index (χ2v) is 2.87. The standard InChI is InChI=1S/C8H7N3O3/c1-5-9-8-6(10(5)12)3-2-4-7(8)11(13)14/h2-4,12H,1H3. The average Bonchev–Trinajstić information content (AvgIpc) is 2.43. The van der Waals surface area contributed by atoms with Crippen molar-refractivity contribution in [2.24, 2.45) is 0 Å². The molecule has 6 nitrogen and oxygen atoms in total. The van der Waals surface area contributed by atoms with Crippen LogP contribution in [0.1, 0.15) is 5.82 Å². The second-order valence-electron chi connectivity index (χ2n) is 2.87. The minimum Gasteiger partial charge on any atom is -0.427 e. The van der Waals surface area contributed by atoms with Crippen LogP contribution in [0.5, 0.6) is 0 Å². The molecule has 0 aliphatic rings. The van der Waals surface area contributed by atoms with Gasteiger partial charge in [-0.3, -0.25) is 10.1 Å². The Morgan fingerprint density at radius 2 is 2.29 bits per heavy atom. The third-order valence-electron chi connectivity index (χ3n) is 2.00. The van der Waals surface area contributed by atoms with Crippen LogP contribution in [-0.4, -0.2) is 19.8 Å². The van der Waals surface area contributed by atoms with Crippen LogP contribution in [0.3, 0.4) is 0 Å². The molecule has 72 valence electrons. The zero-order valence-corrected chi connectivity index (χ0v) is 7.34. The van der Waals surface area contributed by atoms with Crippen LogP contribution < -0.4 is 0 Å². The van der Waals surface area contributed by atoms with Gasteiger partial charge in [0, 0.05) is 6.07 Å². The van der Waals surface area contributed by atoms with Gasteiger partial charge in [0.2, 0.25) is 0 Å². The Kier molecular flexibility index (Phi) is 1.63. The Bertz CT molecular complexity index is 518. The van der Waals surface area contributed by atoms with Gasteiger partial charge in [-0.2, -0.15) is 4.73 Å². The van der Waals surface area contributed by atoms with E-state index in [0.717, 1.165) is 4.73 Å². The summed E-state index contributed by atoms with van der Waals surface area (Å²) >= 11 is 0. The van der Waals surface area contributed by atoms with Crippen molar-refractivity contribution in [3.05, 3.63) is 34.1 Å². The number of rotatable bonds is 1. The van der Waals surface area contributed by atoms with Crippen LogP contribution in [0, 0.1) is 17.0 Å². The lowest BCUT2D eigenvalue weighted by Crippen LogP contribution is -1.92. The van der Waals surface area contributed by atoms with Crippen molar-refractivity contribution >= 4 is 16.7 Å². The summed E-state index contributed by atoms with van der Waals surface area (Å²) < 4.78 is 0.836. The topological polar surface area (TPSA) is 81.2 Å². The third-order valence-corrected chi connectivity index (χ3v) is 2.00. The zero-order valence-electron chi connectivity index (χ0n) is 7.34. The van der Waals surface area contributed by atoms with E-state index in [9.17, 15) is 15.3 Å². The molecule has 1 heterocycles. The van der Waals surface area contributed by atoms with E-state index in [1.165, 1.54) is 12.1 Å². The minimum atomic E-state index is -0.519. The number of fused-ring (bicyclic) bond motifs is 1. The quantitative estimate of drug-likeness (QED) is 0.422. The molecular weight excluding hydrogens is 186 g/mol. The highest BCUT2D eigenvalue weighted by Crippen LogP contribution is 2.24. The number of aryl methyl sites for hydroxylation is 1.